The van der Waals surface area contributed by atoms with Crippen LogP contribution in [0.2, 0.25) is 0 Å². The summed E-state index contributed by atoms with van der Waals surface area (Å²) in [5.74, 6) is -0.470. The van der Waals surface area contributed by atoms with Crippen molar-refractivity contribution < 1.29 is 23.1 Å². The first-order valence-electron chi connectivity index (χ1n) is 6.38. The summed E-state index contributed by atoms with van der Waals surface area (Å²) in [7, 11) is 0. The van der Waals surface area contributed by atoms with E-state index in [1.807, 2.05) is 0 Å². The molecular weight excluding hydrogens is 275 g/mol. The van der Waals surface area contributed by atoms with Crippen molar-refractivity contribution in [2.24, 2.45) is 0 Å². The number of aliphatic hydroxyl groups is 1. The summed E-state index contributed by atoms with van der Waals surface area (Å²) in [6, 6.07) is 0.817. The molecule has 1 aliphatic rings. The number of carbonyl (C=O) groups is 1. The van der Waals surface area contributed by atoms with Crippen molar-refractivity contribution in [2.45, 2.75) is 44.0 Å². The summed E-state index contributed by atoms with van der Waals surface area (Å²) in [4.78, 5) is 11.6. The number of nitrogens with zero attached hydrogens (tertiary/aromatic N) is 2. The minimum Gasteiger partial charge on any atom is -0.388 e. The highest BCUT2D eigenvalue weighted by molar-refractivity contribution is 5.75. The van der Waals surface area contributed by atoms with Gasteiger partial charge in [0, 0.05) is 12.7 Å². The van der Waals surface area contributed by atoms with Crippen molar-refractivity contribution in [2.75, 3.05) is 6.54 Å². The van der Waals surface area contributed by atoms with E-state index in [0.717, 1.165) is 29.8 Å². The third kappa shape index (κ3) is 3.72. The molecule has 1 heterocycles. The molecule has 1 aliphatic carbocycles. The van der Waals surface area contributed by atoms with Crippen molar-refractivity contribution in [3.05, 3.63) is 18.0 Å². The van der Waals surface area contributed by atoms with Gasteiger partial charge in [-0.25, -0.2) is 0 Å². The van der Waals surface area contributed by atoms with Crippen LogP contribution in [-0.4, -0.2) is 32.9 Å². The fourth-order valence-corrected chi connectivity index (χ4v) is 2.28. The molecule has 20 heavy (non-hydrogen) atoms. The van der Waals surface area contributed by atoms with Crippen LogP contribution >= 0.6 is 0 Å². The van der Waals surface area contributed by atoms with Crippen LogP contribution in [0.3, 0.4) is 0 Å². The van der Waals surface area contributed by atoms with Gasteiger partial charge < -0.3 is 10.4 Å². The van der Waals surface area contributed by atoms with Crippen LogP contribution in [0.25, 0.3) is 0 Å². The van der Waals surface area contributed by atoms with Crippen LogP contribution in [0.4, 0.5) is 13.2 Å². The van der Waals surface area contributed by atoms with Crippen molar-refractivity contribution in [1.29, 1.82) is 0 Å². The van der Waals surface area contributed by atoms with E-state index in [9.17, 15) is 23.1 Å². The maximum atomic E-state index is 12.3. The van der Waals surface area contributed by atoms with E-state index >= 15 is 0 Å². The van der Waals surface area contributed by atoms with E-state index in [2.05, 4.69) is 10.4 Å². The second-order valence-electron chi connectivity index (χ2n) is 5.10. The Labute approximate surface area is 113 Å². The maximum absolute atomic E-state index is 12.3. The van der Waals surface area contributed by atoms with Crippen LogP contribution in [-0.2, 0) is 17.5 Å². The second-order valence-corrected chi connectivity index (χ2v) is 5.10. The Balaban J connectivity index is 1.84. The van der Waals surface area contributed by atoms with Gasteiger partial charge >= 0.3 is 6.18 Å². The van der Waals surface area contributed by atoms with Crippen molar-refractivity contribution in [1.82, 2.24) is 15.1 Å². The van der Waals surface area contributed by atoms with Gasteiger partial charge in [0.1, 0.15) is 6.54 Å². The molecule has 1 saturated carbocycles. The lowest BCUT2D eigenvalue weighted by Gasteiger charge is -2.22. The molecule has 8 heteroatoms. The molecule has 112 valence electrons. The molecule has 1 fully saturated rings. The van der Waals surface area contributed by atoms with E-state index < -0.39 is 23.4 Å². The number of alkyl halides is 3. The normalized spacial score (nSPS) is 18.2. The smallest absolute Gasteiger partial charge is 0.388 e. The zero-order valence-corrected chi connectivity index (χ0v) is 10.8. The van der Waals surface area contributed by atoms with Crippen molar-refractivity contribution >= 4 is 5.91 Å². The van der Waals surface area contributed by atoms with Gasteiger partial charge in [-0.3, -0.25) is 9.48 Å². The zero-order valence-electron chi connectivity index (χ0n) is 10.8. The maximum Gasteiger partial charge on any atom is 0.435 e. The fourth-order valence-electron chi connectivity index (χ4n) is 2.28. The van der Waals surface area contributed by atoms with Crippen LogP contribution in [0.1, 0.15) is 31.4 Å². The Hall–Kier alpha value is -1.57. The summed E-state index contributed by atoms with van der Waals surface area (Å²) in [6.45, 7) is -0.175. The largest absolute Gasteiger partial charge is 0.435 e. The Kier molecular flexibility index (Phi) is 4.03. The summed E-state index contributed by atoms with van der Waals surface area (Å²) < 4.78 is 37.9. The summed E-state index contributed by atoms with van der Waals surface area (Å²) in [5, 5.41) is 15.8. The van der Waals surface area contributed by atoms with E-state index in [1.165, 1.54) is 0 Å². The molecule has 2 N–H and O–H groups in total. The molecule has 2 rings (SSSR count). The number of hydrogen-bond donors (Lipinski definition) is 2. The molecule has 0 saturated heterocycles. The molecule has 0 aromatic carbocycles. The molecular formula is C12H16F3N3O2. The second kappa shape index (κ2) is 5.43. The molecule has 0 aliphatic heterocycles. The quantitative estimate of drug-likeness (QED) is 0.879. The number of halogens is 3. The number of carbonyl (C=O) groups excluding carboxylic acids is 1. The van der Waals surface area contributed by atoms with Gasteiger partial charge in [-0.05, 0) is 18.9 Å². The highest BCUT2D eigenvalue weighted by Gasteiger charge is 2.34. The first-order chi connectivity index (χ1) is 9.28. The molecule has 0 bridgehead atoms. The predicted octanol–water partition coefficient (Wildman–Crippen LogP) is 1.32. The minimum atomic E-state index is -4.51. The molecule has 1 aromatic heterocycles. The Bertz CT molecular complexity index is 479. The first kappa shape index (κ1) is 14.8. The summed E-state index contributed by atoms with van der Waals surface area (Å²) in [6.07, 6.45) is -0.311. The topological polar surface area (TPSA) is 67.2 Å². The average Bonchev–Trinajstić information content (AvgIpc) is 2.96. The number of hydrogen-bond acceptors (Lipinski definition) is 3. The fraction of sp³-hybridized carbons (Fsp3) is 0.667. The van der Waals surface area contributed by atoms with Gasteiger partial charge in [0.05, 0.1) is 5.60 Å². The highest BCUT2D eigenvalue weighted by Crippen LogP contribution is 2.28. The number of aromatic nitrogens is 2. The van der Waals surface area contributed by atoms with Crippen LogP contribution in [0.5, 0.6) is 0 Å². The van der Waals surface area contributed by atoms with Crippen LogP contribution in [0, 0.1) is 0 Å². The molecule has 1 aromatic rings. The monoisotopic (exact) mass is 291 g/mol. The third-order valence-electron chi connectivity index (χ3n) is 3.39. The van der Waals surface area contributed by atoms with Gasteiger partial charge in [0.25, 0.3) is 0 Å². The average molecular weight is 291 g/mol. The van der Waals surface area contributed by atoms with Crippen molar-refractivity contribution in [3.8, 4) is 0 Å². The van der Waals surface area contributed by atoms with Gasteiger partial charge in [0.15, 0.2) is 5.69 Å². The standard InChI is InChI=1S/C12H16F3N3O2/c13-12(14,15)9-3-6-18(17-9)7-10(19)16-8-11(20)4-1-2-5-11/h3,6,20H,1-2,4-5,7-8H2,(H,16,19). The highest BCUT2D eigenvalue weighted by atomic mass is 19.4. The SMILES string of the molecule is O=C(Cn1ccc(C(F)(F)F)n1)NCC1(O)CCCC1. The van der Waals surface area contributed by atoms with E-state index in [1.54, 1.807) is 0 Å². The minimum absolute atomic E-state index is 0.124. The molecule has 5 nitrogen and oxygen atoms in total. The van der Waals surface area contributed by atoms with E-state index in [0.29, 0.717) is 12.8 Å². The first-order valence-corrected chi connectivity index (χ1v) is 6.38. The lowest BCUT2D eigenvalue weighted by Crippen LogP contribution is -2.42. The number of amides is 1. The Morgan fingerprint density at radius 2 is 2.10 bits per heavy atom. The van der Waals surface area contributed by atoms with E-state index in [-0.39, 0.29) is 13.1 Å². The third-order valence-corrected chi connectivity index (χ3v) is 3.39. The molecule has 0 atom stereocenters. The molecule has 0 unspecified atom stereocenters. The Morgan fingerprint density at radius 3 is 2.65 bits per heavy atom. The number of rotatable bonds is 4. The van der Waals surface area contributed by atoms with Gasteiger partial charge in [-0.1, -0.05) is 12.8 Å². The zero-order chi connectivity index (χ0) is 14.8. The van der Waals surface area contributed by atoms with Crippen LogP contribution < -0.4 is 5.32 Å². The van der Waals surface area contributed by atoms with Crippen molar-refractivity contribution in [3.63, 3.8) is 0 Å². The predicted molar refractivity (Wildman–Crippen MR) is 63.7 cm³/mol. The lowest BCUT2D eigenvalue weighted by molar-refractivity contribution is -0.141. The van der Waals surface area contributed by atoms with Gasteiger partial charge in [0.2, 0.25) is 5.91 Å². The van der Waals surface area contributed by atoms with Crippen LogP contribution in [0.15, 0.2) is 12.3 Å². The Morgan fingerprint density at radius 1 is 1.45 bits per heavy atom. The molecule has 0 spiro atoms. The van der Waals surface area contributed by atoms with E-state index in [4.69, 9.17) is 0 Å². The summed E-state index contributed by atoms with van der Waals surface area (Å²) in [5.41, 5.74) is -1.91. The molecule has 1 amide bonds. The molecule has 0 radical (unpaired) electrons. The number of nitrogens with one attached hydrogen (secondary N) is 1. The summed E-state index contributed by atoms with van der Waals surface area (Å²) >= 11 is 0. The van der Waals surface area contributed by atoms with Gasteiger partial charge in [-0.2, -0.15) is 18.3 Å². The van der Waals surface area contributed by atoms with Gasteiger partial charge in [-0.15, -0.1) is 0 Å². The lowest BCUT2D eigenvalue weighted by atomic mass is 10.0.